The Kier molecular flexibility index (Phi) is 7.67. The zero-order chi connectivity index (χ0) is 27.6. The van der Waals surface area contributed by atoms with Crippen LogP contribution < -0.4 is 4.74 Å². The van der Waals surface area contributed by atoms with Crippen molar-refractivity contribution in [3.8, 4) is 28.2 Å². The lowest BCUT2D eigenvalue weighted by Crippen LogP contribution is -2.59. The molecule has 3 atom stereocenters. The van der Waals surface area contributed by atoms with Crippen LogP contribution in [0.15, 0.2) is 83.4 Å². The predicted molar refractivity (Wildman–Crippen MR) is 159 cm³/mol. The van der Waals surface area contributed by atoms with Crippen molar-refractivity contribution in [2.75, 3.05) is 19.6 Å². The smallest absolute Gasteiger partial charge is 0.178 e. The van der Waals surface area contributed by atoms with Gasteiger partial charge in [0.1, 0.15) is 11.9 Å². The summed E-state index contributed by atoms with van der Waals surface area (Å²) < 4.78 is 13.2. The molecule has 0 spiro atoms. The number of ether oxygens (including phenoxy) is 1. The summed E-state index contributed by atoms with van der Waals surface area (Å²) in [5.74, 6) is 1.50. The van der Waals surface area contributed by atoms with Crippen LogP contribution in [0, 0.1) is 6.92 Å². The maximum absolute atomic E-state index is 10.6. The first-order valence-electron chi connectivity index (χ1n) is 13.7. The molecule has 7 nitrogen and oxygen atoms in total. The Morgan fingerprint density at radius 3 is 2.50 bits per heavy atom. The van der Waals surface area contributed by atoms with E-state index in [1.54, 1.807) is 18.3 Å². The summed E-state index contributed by atoms with van der Waals surface area (Å²) in [5, 5.41) is 16.0. The van der Waals surface area contributed by atoms with E-state index in [2.05, 4.69) is 63.3 Å². The molecule has 0 bridgehead atoms. The molecular formula is C32H34N4O3S. The van der Waals surface area contributed by atoms with Crippen LogP contribution in [0.4, 0.5) is 0 Å². The zero-order valence-corrected chi connectivity index (χ0v) is 23.8. The number of aromatic nitrogens is 2. The summed E-state index contributed by atoms with van der Waals surface area (Å²) in [6.07, 6.45) is -1.08. The van der Waals surface area contributed by atoms with Crippen LogP contribution in [0.25, 0.3) is 32.7 Å². The minimum atomic E-state index is -0.645. The van der Waals surface area contributed by atoms with Gasteiger partial charge in [0, 0.05) is 49.9 Å². The number of aliphatic hydroxyl groups excluding tert-OH is 1. The number of fused-ring (bicyclic) bond motifs is 1. The standard InChI is InChI=1S/C32H34N4O3S/c1-21-19-35(15-16-36(21)32(22(2)37)38-28-13-14-31-29(18-28)33-23(3)40-31)20-27-17-30(39-34-27)26-11-9-25(10-12-26)24-7-5-4-6-8-24/h4-14,17-18,21-22,32,37H,15-16,19-20H2,1-3H3/t21-,22+,32?/m0/s1. The van der Waals surface area contributed by atoms with Crippen LogP contribution in [-0.2, 0) is 6.54 Å². The zero-order valence-electron chi connectivity index (χ0n) is 23.0. The Bertz CT molecular complexity index is 1560. The van der Waals surface area contributed by atoms with Gasteiger partial charge in [-0.15, -0.1) is 11.3 Å². The highest BCUT2D eigenvalue weighted by molar-refractivity contribution is 7.18. The average Bonchev–Trinajstić information content (AvgIpc) is 3.58. The molecule has 8 heteroatoms. The van der Waals surface area contributed by atoms with Gasteiger partial charge in [0.25, 0.3) is 0 Å². The van der Waals surface area contributed by atoms with Crippen LogP contribution in [0.5, 0.6) is 5.75 Å². The number of rotatable bonds is 8. The molecule has 1 saturated heterocycles. The molecule has 206 valence electrons. The molecule has 0 saturated carbocycles. The maximum atomic E-state index is 10.6. The molecule has 5 aromatic rings. The summed E-state index contributed by atoms with van der Waals surface area (Å²) in [7, 11) is 0. The van der Waals surface area contributed by atoms with Crippen LogP contribution in [0.2, 0.25) is 0 Å². The molecule has 2 aromatic heterocycles. The Morgan fingerprint density at radius 2 is 1.75 bits per heavy atom. The molecule has 40 heavy (non-hydrogen) atoms. The maximum Gasteiger partial charge on any atom is 0.178 e. The summed E-state index contributed by atoms with van der Waals surface area (Å²) in [6, 6.07) is 26.9. The van der Waals surface area contributed by atoms with Crippen molar-refractivity contribution in [3.05, 3.63) is 89.6 Å². The van der Waals surface area contributed by atoms with E-state index in [9.17, 15) is 5.11 Å². The van der Waals surface area contributed by atoms with Gasteiger partial charge >= 0.3 is 0 Å². The van der Waals surface area contributed by atoms with Crippen molar-refractivity contribution in [2.24, 2.45) is 0 Å². The highest BCUT2D eigenvalue weighted by Crippen LogP contribution is 2.29. The number of hydrogen-bond donors (Lipinski definition) is 1. The molecular weight excluding hydrogens is 520 g/mol. The number of piperazine rings is 1. The monoisotopic (exact) mass is 554 g/mol. The lowest BCUT2D eigenvalue weighted by molar-refractivity contribution is -0.0959. The average molecular weight is 555 g/mol. The second-order valence-corrected chi connectivity index (χ2v) is 11.8. The summed E-state index contributed by atoms with van der Waals surface area (Å²) in [4.78, 5) is 9.21. The number of aliphatic hydroxyl groups is 1. The Labute approximate surface area is 238 Å². The topological polar surface area (TPSA) is 74.9 Å². The first kappa shape index (κ1) is 26.7. The molecule has 1 N–H and O–H groups in total. The van der Waals surface area contributed by atoms with Gasteiger partial charge in [0.15, 0.2) is 12.0 Å². The molecule has 3 heterocycles. The molecule has 1 aliphatic rings. The first-order chi connectivity index (χ1) is 19.4. The number of benzene rings is 3. The fourth-order valence-electron chi connectivity index (χ4n) is 5.46. The van der Waals surface area contributed by atoms with Crippen LogP contribution in [-0.4, -0.2) is 63.1 Å². The predicted octanol–water partition coefficient (Wildman–Crippen LogP) is 6.22. The van der Waals surface area contributed by atoms with Crippen molar-refractivity contribution in [2.45, 2.75) is 45.7 Å². The van der Waals surface area contributed by atoms with Gasteiger partial charge in [0.2, 0.25) is 0 Å². The van der Waals surface area contributed by atoms with Gasteiger partial charge in [-0.3, -0.25) is 9.80 Å². The van der Waals surface area contributed by atoms with Crippen molar-refractivity contribution in [3.63, 3.8) is 0 Å². The van der Waals surface area contributed by atoms with Crippen LogP contribution in [0.1, 0.15) is 24.5 Å². The number of aryl methyl sites for hydroxylation is 1. The van der Waals surface area contributed by atoms with Crippen molar-refractivity contribution < 1.29 is 14.4 Å². The van der Waals surface area contributed by atoms with Gasteiger partial charge in [-0.1, -0.05) is 59.8 Å². The normalized spacial score (nSPS) is 18.1. The lowest BCUT2D eigenvalue weighted by atomic mass is 10.0. The van der Waals surface area contributed by atoms with E-state index < -0.39 is 12.3 Å². The van der Waals surface area contributed by atoms with E-state index in [0.717, 1.165) is 57.6 Å². The molecule has 0 amide bonds. The fraction of sp³-hybridized carbons (Fsp3) is 0.312. The molecule has 1 aliphatic heterocycles. The molecule has 3 aromatic carbocycles. The van der Waals surface area contributed by atoms with Crippen LogP contribution >= 0.6 is 11.3 Å². The first-order valence-corrected chi connectivity index (χ1v) is 14.6. The third-order valence-electron chi connectivity index (χ3n) is 7.45. The van der Waals surface area contributed by atoms with Crippen molar-refractivity contribution in [1.82, 2.24) is 19.9 Å². The Morgan fingerprint density at radius 1 is 1.00 bits per heavy atom. The number of thiazole rings is 1. The molecule has 0 aliphatic carbocycles. The Balaban J connectivity index is 1.08. The summed E-state index contributed by atoms with van der Waals surface area (Å²) in [6.45, 7) is 9.15. The second kappa shape index (κ2) is 11.5. The van der Waals surface area contributed by atoms with Gasteiger partial charge in [0.05, 0.1) is 20.9 Å². The van der Waals surface area contributed by atoms with E-state index in [1.165, 1.54) is 11.1 Å². The fourth-order valence-corrected chi connectivity index (χ4v) is 6.26. The minimum absolute atomic E-state index is 0.190. The van der Waals surface area contributed by atoms with Gasteiger partial charge in [-0.05, 0) is 44.0 Å². The highest BCUT2D eigenvalue weighted by atomic mass is 32.1. The van der Waals surface area contributed by atoms with Crippen molar-refractivity contribution in [1.29, 1.82) is 0 Å². The summed E-state index contributed by atoms with van der Waals surface area (Å²) >= 11 is 1.67. The van der Waals surface area contributed by atoms with Gasteiger partial charge in [-0.2, -0.15) is 0 Å². The molecule has 6 rings (SSSR count). The third-order valence-corrected chi connectivity index (χ3v) is 8.40. The largest absolute Gasteiger partial charge is 0.472 e. The number of nitrogens with zero attached hydrogens (tertiary/aromatic N) is 4. The highest BCUT2D eigenvalue weighted by Gasteiger charge is 2.33. The van der Waals surface area contributed by atoms with Gasteiger partial charge in [-0.25, -0.2) is 4.98 Å². The van der Waals surface area contributed by atoms with Gasteiger partial charge < -0.3 is 14.4 Å². The molecule has 1 unspecified atom stereocenters. The third kappa shape index (κ3) is 5.81. The van der Waals surface area contributed by atoms with E-state index >= 15 is 0 Å². The quantitative estimate of drug-likeness (QED) is 0.244. The Hall–Kier alpha value is -3.56. The van der Waals surface area contributed by atoms with E-state index in [4.69, 9.17) is 9.26 Å². The lowest BCUT2D eigenvalue weighted by Gasteiger charge is -2.44. The molecule has 1 fully saturated rings. The number of hydrogen-bond acceptors (Lipinski definition) is 8. The SMILES string of the molecule is Cc1nc2cc(OC([C@@H](C)O)N3CCN(Cc4cc(-c5ccc(-c6ccccc6)cc5)on4)C[C@@H]3C)ccc2s1. The van der Waals surface area contributed by atoms with Crippen molar-refractivity contribution >= 4 is 21.6 Å². The second-order valence-electron chi connectivity index (χ2n) is 10.6. The summed E-state index contributed by atoms with van der Waals surface area (Å²) in [5.41, 5.74) is 5.23. The van der Waals surface area contributed by atoms with E-state index in [1.807, 2.05) is 49.4 Å². The minimum Gasteiger partial charge on any atom is -0.472 e. The van der Waals surface area contributed by atoms with E-state index in [0.29, 0.717) is 6.54 Å². The van der Waals surface area contributed by atoms with Crippen LogP contribution in [0.3, 0.4) is 0 Å². The molecule has 0 radical (unpaired) electrons. The van der Waals surface area contributed by atoms with E-state index in [-0.39, 0.29) is 6.04 Å².